The molecular weight excluding hydrogens is 508 g/mol. The van der Waals surface area contributed by atoms with Gasteiger partial charge in [-0.3, -0.25) is 9.59 Å². The van der Waals surface area contributed by atoms with Crippen LogP contribution in [0, 0.1) is 17.0 Å². The molecule has 40 heavy (non-hydrogen) atoms. The third-order valence-corrected chi connectivity index (χ3v) is 9.63. The molecule has 2 aliphatic carbocycles. The quantitative estimate of drug-likeness (QED) is 0.424. The molecule has 4 aliphatic rings. The highest BCUT2D eigenvalue weighted by Gasteiger charge is 2.51. The molecule has 5 nitrogen and oxygen atoms in total. The van der Waals surface area contributed by atoms with E-state index in [1.165, 1.54) is 12.1 Å². The number of fused-ring (bicyclic) bond motifs is 3. The number of anilines is 1. The lowest BCUT2D eigenvalue weighted by Crippen LogP contribution is -2.49. The number of aromatic nitrogens is 1. The fraction of sp³-hybridized carbons (Fsp3) is 0.364. The molecule has 1 saturated carbocycles. The van der Waals surface area contributed by atoms with E-state index in [1.807, 2.05) is 35.3 Å². The third kappa shape index (κ3) is 3.97. The predicted octanol–water partition coefficient (Wildman–Crippen LogP) is 6.29. The lowest BCUT2D eigenvalue weighted by atomic mass is 9.74. The standard InChI is InChI=1S/C33H31F2N3O2/c34-25-16-23(17-26(35)18-25)28-9-12-32(10-1-2-11-32)31(40)38(28)14-4-5-21-7-8-22-19-33(20-24(22)15-21)27-6-3-13-36-29(27)37-30(33)39/h3-8,13,15-18,28H,1-2,9-12,14,19-20H2,(H,36,37,39)/t28-,33?/m0/s1. The summed E-state index contributed by atoms with van der Waals surface area (Å²) in [5.74, 6) is -0.488. The Labute approximate surface area is 232 Å². The third-order valence-electron chi connectivity index (χ3n) is 9.63. The molecule has 7 heteroatoms. The molecule has 2 aliphatic heterocycles. The summed E-state index contributed by atoms with van der Waals surface area (Å²) in [6.45, 7) is 0.367. The second kappa shape index (κ2) is 9.36. The van der Waals surface area contributed by atoms with Crippen molar-refractivity contribution in [2.75, 3.05) is 11.9 Å². The number of likely N-dealkylation sites (tertiary alicyclic amines) is 1. The molecule has 0 radical (unpaired) electrons. The molecule has 1 saturated heterocycles. The number of pyridine rings is 1. The van der Waals surface area contributed by atoms with Gasteiger partial charge in [0.15, 0.2) is 0 Å². The fourth-order valence-corrected chi connectivity index (χ4v) is 7.66. The molecule has 2 atom stereocenters. The van der Waals surface area contributed by atoms with Gasteiger partial charge in [0.2, 0.25) is 11.8 Å². The van der Waals surface area contributed by atoms with Gasteiger partial charge >= 0.3 is 0 Å². The summed E-state index contributed by atoms with van der Waals surface area (Å²) < 4.78 is 28.2. The summed E-state index contributed by atoms with van der Waals surface area (Å²) in [4.78, 5) is 33.0. The van der Waals surface area contributed by atoms with Crippen LogP contribution >= 0.6 is 0 Å². The zero-order valence-electron chi connectivity index (χ0n) is 22.3. The Hall–Kier alpha value is -3.87. The number of halogens is 2. The van der Waals surface area contributed by atoms with Gasteiger partial charge in [-0.1, -0.05) is 49.3 Å². The van der Waals surface area contributed by atoms with Crippen molar-refractivity contribution in [1.29, 1.82) is 0 Å². The number of rotatable bonds is 4. The van der Waals surface area contributed by atoms with Gasteiger partial charge in [-0.05, 0) is 79.0 Å². The van der Waals surface area contributed by atoms with Crippen molar-refractivity contribution < 1.29 is 18.4 Å². The Morgan fingerprint density at radius 3 is 2.55 bits per heavy atom. The lowest BCUT2D eigenvalue weighted by molar-refractivity contribution is -0.149. The number of hydrogen-bond donors (Lipinski definition) is 1. The van der Waals surface area contributed by atoms with Crippen LogP contribution in [0.5, 0.6) is 0 Å². The number of nitrogens with one attached hydrogen (secondary N) is 1. The van der Waals surface area contributed by atoms with Gasteiger partial charge in [-0.15, -0.1) is 0 Å². The van der Waals surface area contributed by atoms with E-state index < -0.39 is 17.0 Å². The maximum absolute atomic E-state index is 14.1. The minimum absolute atomic E-state index is 0.00114. The number of nitrogens with zero attached hydrogens (tertiary/aromatic N) is 2. The van der Waals surface area contributed by atoms with E-state index in [4.69, 9.17) is 0 Å². The largest absolute Gasteiger partial charge is 0.331 e. The maximum Gasteiger partial charge on any atom is 0.237 e. The van der Waals surface area contributed by atoms with Crippen LogP contribution in [0.1, 0.15) is 72.4 Å². The van der Waals surface area contributed by atoms with Crippen LogP contribution < -0.4 is 5.32 Å². The van der Waals surface area contributed by atoms with Crippen LogP contribution in [0.25, 0.3) is 6.08 Å². The van der Waals surface area contributed by atoms with Crippen molar-refractivity contribution in [3.05, 3.63) is 100 Å². The first-order valence-electron chi connectivity index (χ1n) is 14.2. The van der Waals surface area contributed by atoms with Gasteiger partial charge in [-0.25, -0.2) is 13.8 Å². The summed E-state index contributed by atoms with van der Waals surface area (Å²) in [6, 6.07) is 13.3. The minimum atomic E-state index is -0.621. The van der Waals surface area contributed by atoms with Gasteiger partial charge in [0.05, 0.1) is 11.5 Å². The average molecular weight is 540 g/mol. The summed E-state index contributed by atoms with van der Waals surface area (Å²) in [7, 11) is 0. The number of carbonyl (C=O) groups excluding carboxylic acids is 2. The predicted molar refractivity (Wildman–Crippen MR) is 148 cm³/mol. The van der Waals surface area contributed by atoms with E-state index >= 15 is 0 Å². The van der Waals surface area contributed by atoms with Crippen LogP contribution in [0.4, 0.5) is 14.6 Å². The highest BCUT2D eigenvalue weighted by atomic mass is 19.1. The molecule has 204 valence electrons. The molecule has 2 amide bonds. The number of carbonyl (C=O) groups is 2. The van der Waals surface area contributed by atoms with Crippen LogP contribution in [0.2, 0.25) is 0 Å². The number of piperidine rings is 1. The Morgan fingerprint density at radius 2 is 1.75 bits per heavy atom. The number of benzene rings is 2. The van der Waals surface area contributed by atoms with E-state index in [0.717, 1.165) is 60.4 Å². The van der Waals surface area contributed by atoms with Crippen molar-refractivity contribution in [3.63, 3.8) is 0 Å². The maximum atomic E-state index is 14.1. The summed E-state index contributed by atoms with van der Waals surface area (Å²) in [5, 5.41) is 2.95. The molecule has 1 aromatic heterocycles. The van der Waals surface area contributed by atoms with Crippen molar-refractivity contribution in [1.82, 2.24) is 9.88 Å². The van der Waals surface area contributed by atoms with Gasteiger partial charge in [0, 0.05) is 29.8 Å². The van der Waals surface area contributed by atoms with Gasteiger partial charge in [-0.2, -0.15) is 0 Å². The summed E-state index contributed by atoms with van der Waals surface area (Å²) in [6.07, 6.45) is 12.2. The lowest BCUT2D eigenvalue weighted by Gasteiger charge is -2.44. The minimum Gasteiger partial charge on any atom is -0.331 e. The molecule has 2 spiro atoms. The highest BCUT2D eigenvalue weighted by molar-refractivity contribution is 6.06. The van der Waals surface area contributed by atoms with Crippen molar-refractivity contribution in [2.45, 2.75) is 62.8 Å². The summed E-state index contributed by atoms with van der Waals surface area (Å²) in [5.41, 5.74) is 3.81. The first-order chi connectivity index (χ1) is 19.4. The molecule has 2 aromatic carbocycles. The molecular formula is C33H31F2N3O2. The highest BCUT2D eigenvalue weighted by Crippen LogP contribution is 2.50. The number of hydrogen-bond acceptors (Lipinski definition) is 3. The SMILES string of the molecule is O=C1N(CC=Cc2ccc3c(c2)CC2(C3)C(=O)Nc3ncccc32)[C@H](c2cc(F)cc(F)c2)CCC12CCCC2. The smallest absolute Gasteiger partial charge is 0.237 e. The Morgan fingerprint density at radius 1 is 0.975 bits per heavy atom. The first kappa shape index (κ1) is 25.1. The topological polar surface area (TPSA) is 62.3 Å². The van der Waals surface area contributed by atoms with Gasteiger partial charge in [0.1, 0.15) is 17.5 Å². The van der Waals surface area contributed by atoms with Crippen molar-refractivity contribution >= 4 is 23.7 Å². The molecule has 7 rings (SSSR count). The Kier molecular flexibility index (Phi) is 5.88. The number of amides is 2. The molecule has 1 unspecified atom stereocenters. The first-order valence-corrected chi connectivity index (χ1v) is 14.2. The monoisotopic (exact) mass is 539 g/mol. The Bertz CT molecular complexity index is 1540. The van der Waals surface area contributed by atoms with Crippen LogP contribution in [-0.4, -0.2) is 28.2 Å². The molecule has 3 aromatic rings. The summed E-state index contributed by atoms with van der Waals surface area (Å²) >= 11 is 0. The van der Waals surface area contributed by atoms with Gasteiger partial charge in [0.25, 0.3) is 0 Å². The fourth-order valence-electron chi connectivity index (χ4n) is 7.66. The second-order valence-electron chi connectivity index (χ2n) is 11.9. The van der Waals surface area contributed by atoms with E-state index in [9.17, 15) is 18.4 Å². The van der Waals surface area contributed by atoms with Crippen molar-refractivity contribution in [2.24, 2.45) is 5.41 Å². The Balaban J connectivity index is 1.14. The normalized spacial score (nSPS) is 24.8. The molecule has 0 bridgehead atoms. The van der Waals surface area contributed by atoms with Gasteiger partial charge < -0.3 is 10.2 Å². The molecule has 2 fully saturated rings. The van der Waals surface area contributed by atoms with E-state index in [-0.39, 0.29) is 23.3 Å². The van der Waals surface area contributed by atoms with Crippen LogP contribution in [0.3, 0.4) is 0 Å². The second-order valence-corrected chi connectivity index (χ2v) is 11.9. The molecule has 3 heterocycles. The van der Waals surface area contributed by atoms with Crippen LogP contribution in [-0.2, 0) is 27.8 Å². The molecule has 1 N–H and O–H groups in total. The van der Waals surface area contributed by atoms with E-state index in [2.05, 4.69) is 22.4 Å². The van der Waals surface area contributed by atoms with E-state index in [0.29, 0.717) is 37.2 Å². The zero-order chi connectivity index (χ0) is 27.5. The van der Waals surface area contributed by atoms with Crippen molar-refractivity contribution in [3.8, 4) is 0 Å². The average Bonchev–Trinajstić information content (AvgIpc) is 3.63. The van der Waals surface area contributed by atoms with E-state index in [1.54, 1.807) is 6.20 Å². The zero-order valence-corrected chi connectivity index (χ0v) is 22.3. The van der Waals surface area contributed by atoms with Crippen LogP contribution in [0.15, 0.2) is 60.8 Å².